The molecule has 1 fully saturated rings. The van der Waals surface area contributed by atoms with Crippen molar-refractivity contribution in [1.29, 1.82) is 0 Å². The molecule has 5 nitrogen and oxygen atoms in total. The molecule has 6 heteroatoms. The Labute approximate surface area is 157 Å². The quantitative estimate of drug-likeness (QED) is 0.806. The van der Waals surface area contributed by atoms with Crippen LogP contribution in [-0.4, -0.2) is 54.3 Å². The molecule has 0 radical (unpaired) electrons. The molecule has 0 bridgehead atoms. The molecule has 1 heterocycles. The first-order valence-electron chi connectivity index (χ1n) is 9.00. The first-order chi connectivity index (χ1) is 11.6. The summed E-state index contributed by atoms with van der Waals surface area (Å²) in [5.41, 5.74) is 0.839. The molecule has 0 aromatic heterocycles. The summed E-state index contributed by atoms with van der Waals surface area (Å²) >= 11 is 0. The molecule has 25 heavy (non-hydrogen) atoms. The number of para-hydroxylation sites is 1. The summed E-state index contributed by atoms with van der Waals surface area (Å²) in [6, 6.07) is 9.53. The Bertz CT molecular complexity index is 527. The van der Waals surface area contributed by atoms with Crippen molar-refractivity contribution in [3.8, 4) is 0 Å². The SMILES string of the molecule is CCN(CC)C(=O)C1CCN(CCC(=O)Nc2ccccc2)CC1.Cl. The highest BCUT2D eigenvalue weighted by Gasteiger charge is 2.27. The first kappa shape index (κ1) is 21.5. The summed E-state index contributed by atoms with van der Waals surface area (Å²) in [4.78, 5) is 28.6. The van der Waals surface area contributed by atoms with E-state index in [1.807, 2.05) is 49.1 Å². The van der Waals surface area contributed by atoms with Gasteiger partial charge >= 0.3 is 0 Å². The molecule has 140 valence electrons. The van der Waals surface area contributed by atoms with Crippen molar-refractivity contribution in [2.24, 2.45) is 5.92 Å². The first-order valence-corrected chi connectivity index (χ1v) is 9.00. The molecule has 0 atom stereocenters. The maximum absolute atomic E-state index is 12.4. The molecule has 1 aromatic carbocycles. The van der Waals surface area contributed by atoms with Crippen molar-refractivity contribution in [3.05, 3.63) is 30.3 Å². The van der Waals surface area contributed by atoms with Crippen LogP contribution in [-0.2, 0) is 9.59 Å². The molecule has 1 aliphatic rings. The van der Waals surface area contributed by atoms with E-state index in [9.17, 15) is 9.59 Å². The number of amides is 2. The molecule has 0 aliphatic carbocycles. The van der Waals surface area contributed by atoms with Gasteiger partial charge in [0.25, 0.3) is 0 Å². The second-order valence-electron chi connectivity index (χ2n) is 6.29. The van der Waals surface area contributed by atoms with E-state index >= 15 is 0 Å². The molecule has 0 spiro atoms. The summed E-state index contributed by atoms with van der Waals surface area (Å²) < 4.78 is 0. The fraction of sp³-hybridized carbons (Fsp3) is 0.579. The Morgan fingerprint density at radius 2 is 1.72 bits per heavy atom. The van der Waals surface area contributed by atoms with Crippen molar-refractivity contribution >= 4 is 29.9 Å². The highest BCUT2D eigenvalue weighted by molar-refractivity contribution is 5.90. The van der Waals surface area contributed by atoms with Gasteiger partial charge in [0.1, 0.15) is 0 Å². The lowest BCUT2D eigenvalue weighted by Gasteiger charge is -2.33. The van der Waals surface area contributed by atoms with Gasteiger partial charge in [0.05, 0.1) is 0 Å². The topological polar surface area (TPSA) is 52.7 Å². The maximum Gasteiger partial charge on any atom is 0.225 e. The minimum atomic E-state index is 0. The lowest BCUT2D eigenvalue weighted by Crippen LogP contribution is -2.43. The Kier molecular flexibility index (Phi) is 9.53. The molecule has 1 N–H and O–H groups in total. The van der Waals surface area contributed by atoms with Gasteiger partial charge in [-0.3, -0.25) is 9.59 Å². The van der Waals surface area contributed by atoms with Crippen molar-refractivity contribution in [3.63, 3.8) is 0 Å². The summed E-state index contributed by atoms with van der Waals surface area (Å²) in [6.07, 6.45) is 2.29. The predicted octanol–water partition coefficient (Wildman–Crippen LogP) is 3.02. The minimum absolute atomic E-state index is 0. The van der Waals surface area contributed by atoms with Gasteiger partial charge < -0.3 is 15.1 Å². The Morgan fingerprint density at radius 1 is 1.12 bits per heavy atom. The third kappa shape index (κ3) is 6.67. The number of nitrogens with one attached hydrogen (secondary N) is 1. The summed E-state index contributed by atoms with van der Waals surface area (Å²) in [5.74, 6) is 0.489. The predicted molar refractivity (Wildman–Crippen MR) is 104 cm³/mol. The van der Waals surface area contributed by atoms with Gasteiger partial charge in [-0.05, 0) is 51.9 Å². The molecule has 1 aromatic rings. The van der Waals surface area contributed by atoms with Gasteiger partial charge in [-0.2, -0.15) is 0 Å². The normalized spacial score (nSPS) is 15.3. The molecule has 0 unspecified atom stereocenters. The second kappa shape index (κ2) is 11.1. The number of hydrogen-bond donors (Lipinski definition) is 1. The standard InChI is InChI=1S/C19H29N3O2.ClH/c1-3-22(4-2)19(24)16-10-13-21(14-11-16)15-12-18(23)20-17-8-6-5-7-9-17;/h5-9,16H,3-4,10-15H2,1-2H3,(H,20,23);1H. The summed E-state index contributed by atoms with van der Waals surface area (Å²) in [5, 5.41) is 2.91. The van der Waals surface area contributed by atoms with Gasteiger partial charge in [-0.15, -0.1) is 12.4 Å². The van der Waals surface area contributed by atoms with Crippen LogP contribution >= 0.6 is 12.4 Å². The number of hydrogen-bond acceptors (Lipinski definition) is 3. The lowest BCUT2D eigenvalue weighted by molar-refractivity contribution is -0.136. The minimum Gasteiger partial charge on any atom is -0.343 e. The van der Waals surface area contributed by atoms with Crippen molar-refractivity contribution < 1.29 is 9.59 Å². The number of benzene rings is 1. The van der Waals surface area contributed by atoms with Crippen LogP contribution < -0.4 is 5.32 Å². The number of piperidine rings is 1. The molecule has 1 aliphatic heterocycles. The smallest absolute Gasteiger partial charge is 0.225 e. The van der Waals surface area contributed by atoms with E-state index in [-0.39, 0.29) is 24.2 Å². The van der Waals surface area contributed by atoms with Crippen LogP contribution in [0.5, 0.6) is 0 Å². The zero-order chi connectivity index (χ0) is 17.4. The molecule has 1 saturated heterocycles. The van der Waals surface area contributed by atoms with E-state index in [0.717, 1.165) is 51.3 Å². The molecule has 2 rings (SSSR count). The Balaban J connectivity index is 0.00000312. The van der Waals surface area contributed by atoms with Gasteiger partial charge in [0.2, 0.25) is 11.8 Å². The second-order valence-corrected chi connectivity index (χ2v) is 6.29. The van der Waals surface area contributed by atoms with Gasteiger partial charge in [0.15, 0.2) is 0 Å². The number of carbonyl (C=O) groups is 2. The number of halogens is 1. The highest BCUT2D eigenvalue weighted by atomic mass is 35.5. The largest absolute Gasteiger partial charge is 0.343 e. The molecule has 2 amide bonds. The van der Waals surface area contributed by atoms with Crippen molar-refractivity contribution in [2.45, 2.75) is 33.1 Å². The average molecular weight is 368 g/mol. The third-order valence-corrected chi connectivity index (χ3v) is 4.72. The van der Waals surface area contributed by atoms with E-state index in [1.54, 1.807) is 0 Å². The summed E-state index contributed by atoms with van der Waals surface area (Å²) in [6.45, 7) is 8.19. The van der Waals surface area contributed by atoms with Gasteiger partial charge in [-0.1, -0.05) is 18.2 Å². The highest BCUT2D eigenvalue weighted by Crippen LogP contribution is 2.20. The zero-order valence-electron chi connectivity index (χ0n) is 15.2. The number of rotatable bonds is 7. The number of carbonyl (C=O) groups excluding carboxylic acids is 2. The molecular formula is C19H30ClN3O2. The van der Waals surface area contributed by atoms with Crippen LogP contribution in [0, 0.1) is 5.92 Å². The van der Waals surface area contributed by atoms with E-state index < -0.39 is 0 Å². The average Bonchev–Trinajstić information content (AvgIpc) is 2.62. The van der Waals surface area contributed by atoms with Crippen LogP contribution in [0.1, 0.15) is 33.1 Å². The van der Waals surface area contributed by atoms with Crippen LogP contribution in [0.25, 0.3) is 0 Å². The van der Waals surface area contributed by atoms with Crippen molar-refractivity contribution in [2.75, 3.05) is 38.0 Å². The number of nitrogens with zero attached hydrogens (tertiary/aromatic N) is 2. The van der Waals surface area contributed by atoms with E-state index in [0.29, 0.717) is 12.3 Å². The third-order valence-electron chi connectivity index (χ3n) is 4.72. The van der Waals surface area contributed by atoms with Crippen molar-refractivity contribution in [1.82, 2.24) is 9.80 Å². The van der Waals surface area contributed by atoms with Crippen LogP contribution in [0.15, 0.2) is 30.3 Å². The Hall–Kier alpha value is -1.59. The van der Waals surface area contributed by atoms with E-state index in [2.05, 4.69) is 10.2 Å². The number of anilines is 1. The van der Waals surface area contributed by atoms with E-state index in [4.69, 9.17) is 0 Å². The van der Waals surface area contributed by atoms with Gasteiger partial charge in [0, 0.05) is 37.7 Å². The monoisotopic (exact) mass is 367 g/mol. The fourth-order valence-corrected chi connectivity index (χ4v) is 3.20. The van der Waals surface area contributed by atoms with Crippen LogP contribution in [0.3, 0.4) is 0 Å². The number of likely N-dealkylation sites (tertiary alicyclic amines) is 1. The summed E-state index contributed by atoms with van der Waals surface area (Å²) in [7, 11) is 0. The maximum atomic E-state index is 12.4. The van der Waals surface area contributed by atoms with Gasteiger partial charge in [-0.25, -0.2) is 0 Å². The fourth-order valence-electron chi connectivity index (χ4n) is 3.20. The zero-order valence-corrected chi connectivity index (χ0v) is 16.1. The van der Waals surface area contributed by atoms with Crippen LogP contribution in [0.2, 0.25) is 0 Å². The Morgan fingerprint density at radius 3 is 2.28 bits per heavy atom. The van der Waals surface area contributed by atoms with Crippen LogP contribution in [0.4, 0.5) is 5.69 Å². The molecular weight excluding hydrogens is 338 g/mol. The lowest BCUT2D eigenvalue weighted by atomic mass is 9.95. The van der Waals surface area contributed by atoms with E-state index in [1.165, 1.54) is 0 Å². The molecule has 0 saturated carbocycles.